The number of ether oxygens (including phenoxy) is 1. The number of hydrogen-bond donors (Lipinski definition) is 0. The molecule has 7 heteroatoms. The molecule has 0 aliphatic rings. The molecule has 0 fully saturated rings. The Labute approximate surface area is 125 Å². The van der Waals surface area contributed by atoms with Gasteiger partial charge in [0.2, 0.25) is 3.79 Å². The summed E-state index contributed by atoms with van der Waals surface area (Å²) in [6, 6.07) is 6.63. The second-order valence-electron chi connectivity index (χ2n) is 3.93. The lowest BCUT2D eigenvalue weighted by Gasteiger charge is -2.16. The van der Waals surface area contributed by atoms with Crippen LogP contribution >= 0.6 is 34.8 Å². The maximum atomic E-state index is 11.8. The van der Waals surface area contributed by atoms with Gasteiger partial charge in [-0.3, -0.25) is 15.3 Å². The normalized spacial score (nSPS) is 12.8. The largest absolute Gasteiger partial charge is 0.460 e. The molecule has 1 unspecified atom stereocenters. The molecule has 0 aliphatic carbocycles. The zero-order valence-electron chi connectivity index (χ0n) is 9.95. The molecule has 1 amide bonds. The van der Waals surface area contributed by atoms with Gasteiger partial charge in [0, 0.05) is 0 Å². The van der Waals surface area contributed by atoms with E-state index in [0.29, 0.717) is 5.56 Å². The number of rotatable bonds is 4. The number of aryl methyl sites for hydroxylation is 1. The highest BCUT2D eigenvalue weighted by atomic mass is 35.6. The SMILES string of the molecule is Cc1ccc(C(C([NH])=O)C(=O)OCC(Cl)(Cl)Cl)cc1. The van der Waals surface area contributed by atoms with Gasteiger partial charge in [-0.25, -0.2) is 0 Å². The number of esters is 1. The van der Waals surface area contributed by atoms with Crippen molar-refractivity contribution in [3.8, 4) is 0 Å². The standard InChI is InChI=1S/C12H11Cl3NO3/c1-7-2-4-8(5-3-7)9(10(16)17)11(18)19-6-12(13,14)15/h2-5,9,16H,6H2,1H3. The summed E-state index contributed by atoms with van der Waals surface area (Å²) in [5.74, 6) is -3.30. The molecule has 0 saturated heterocycles. The monoisotopic (exact) mass is 322 g/mol. The van der Waals surface area contributed by atoms with Crippen LogP contribution in [0.4, 0.5) is 0 Å². The summed E-state index contributed by atoms with van der Waals surface area (Å²) in [5.41, 5.74) is 8.49. The summed E-state index contributed by atoms with van der Waals surface area (Å²) in [6.07, 6.45) is 0. The van der Waals surface area contributed by atoms with Crippen molar-refractivity contribution in [3.63, 3.8) is 0 Å². The lowest BCUT2D eigenvalue weighted by molar-refractivity contribution is -0.148. The van der Waals surface area contributed by atoms with E-state index in [4.69, 9.17) is 45.3 Å². The number of alkyl halides is 3. The van der Waals surface area contributed by atoms with Crippen molar-refractivity contribution in [1.29, 1.82) is 0 Å². The number of carbonyl (C=O) groups is 2. The molecule has 0 saturated carbocycles. The third kappa shape index (κ3) is 5.27. The lowest BCUT2D eigenvalue weighted by Crippen LogP contribution is -2.27. The van der Waals surface area contributed by atoms with Crippen molar-refractivity contribution in [3.05, 3.63) is 35.4 Å². The first-order valence-corrected chi connectivity index (χ1v) is 6.39. The molecule has 1 aromatic carbocycles. The van der Waals surface area contributed by atoms with E-state index in [9.17, 15) is 9.59 Å². The van der Waals surface area contributed by atoms with Gasteiger partial charge < -0.3 is 4.74 Å². The molecule has 1 atom stereocenters. The number of halogens is 3. The molecule has 4 nitrogen and oxygen atoms in total. The smallest absolute Gasteiger partial charge is 0.323 e. The zero-order chi connectivity index (χ0) is 14.6. The van der Waals surface area contributed by atoms with Gasteiger partial charge in [-0.15, -0.1) is 0 Å². The fourth-order valence-electron chi connectivity index (χ4n) is 1.39. The van der Waals surface area contributed by atoms with E-state index >= 15 is 0 Å². The van der Waals surface area contributed by atoms with Gasteiger partial charge >= 0.3 is 5.97 Å². The van der Waals surface area contributed by atoms with E-state index in [1.54, 1.807) is 24.3 Å². The highest BCUT2D eigenvalue weighted by molar-refractivity contribution is 6.67. The molecule has 19 heavy (non-hydrogen) atoms. The van der Waals surface area contributed by atoms with Crippen molar-refractivity contribution in [2.75, 3.05) is 6.61 Å². The molecule has 1 aromatic rings. The van der Waals surface area contributed by atoms with Gasteiger partial charge in [0.15, 0.2) is 5.92 Å². The van der Waals surface area contributed by atoms with Crippen LogP contribution in [-0.2, 0) is 14.3 Å². The number of amides is 1. The highest BCUT2D eigenvalue weighted by Crippen LogP contribution is 2.27. The highest BCUT2D eigenvalue weighted by Gasteiger charge is 2.31. The third-order valence-corrected chi connectivity index (χ3v) is 2.61. The van der Waals surface area contributed by atoms with Crippen molar-refractivity contribution in [1.82, 2.24) is 5.73 Å². The Morgan fingerprint density at radius 3 is 2.21 bits per heavy atom. The summed E-state index contributed by atoms with van der Waals surface area (Å²) in [5, 5.41) is 0. The van der Waals surface area contributed by atoms with Crippen LogP contribution in [0.15, 0.2) is 24.3 Å². The number of nitrogens with one attached hydrogen (secondary N) is 1. The fraction of sp³-hybridized carbons (Fsp3) is 0.333. The summed E-state index contributed by atoms with van der Waals surface area (Å²) in [6.45, 7) is 1.38. The van der Waals surface area contributed by atoms with E-state index in [1.165, 1.54) is 0 Å². The molecule has 1 rings (SSSR count). The van der Waals surface area contributed by atoms with Crippen LogP contribution in [0, 0.1) is 6.92 Å². The number of benzene rings is 1. The zero-order valence-corrected chi connectivity index (χ0v) is 12.2. The minimum Gasteiger partial charge on any atom is -0.460 e. The molecular weight excluding hydrogens is 312 g/mol. The van der Waals surface area contributed by atoms with E-state index in [1.807, 2.05) is 6.92 Å². The van der Waals surface area contributed by atoms with Crippen LogP contribution in [0.2, 0.25) is 0 Å². The second-order valence-corrected chi connectivity index (χ2v) is 6.45. The molecular formula is C12H11Cl3NO3. The minimum absolute atomic E-state index is 0.375. The van der Waals surface area contributed by atoms with Crippen LogP contribution in [0.25, 0.3) is 0 Å². The van der Waals surface area contributed by atoms with Crippen molar-refractivity contribution in [2.45, 2.75) is 16.6 Å². The molecule has 0 aliphatic heterocycles. The minimum atomic E-state index is -1.75. The Morgan fingerprint density at radius 2 is 1.79 bits per heavy atom. The summed E-state index contributed by atoms with van der Waals surface area (Å²) in [7, 11) is 0. The van der Waals surface area contributed by atoms with Crippen molar-refractivity contribution >= 4 is 46.7 Å². The topological polar surface area (TPSA) is 67.2 Å². The molecule has 103 valence electrons. The predicted octanol–water partition coefficient (Wildman–Crippen LogP) is 2.80. The third-order valence-electron chi connectivity index (χ3n) is 2.29. The van der Waals surface area contributed by atoms with Crippen molar-refractivity contribution in [2.24, 2.45) is 0 Å². The first kappa shape index (κ1) is 16.1. The lowest BCUT2D eigenvalue weighted by atomic mass is 9.98. The molecule has 1 N–H and O–H groups in total. The van der Waals surface area contributed by atoms with Crippen LogP contribution in [-0.4, -0.2) is 22.3 Å². The number of hydrogen-bond acceptors (Lipinski definition) is 3. The second kappa shape index (κ2) is 6.46. The van der Waals surface area contributed by atoms with Gasteiger partial charge in [0.05, 0.1) is 0 Å². The molecule has 0 spiro atoms. The van der Waals surface area contributed by atoms with Crippen LogP contribution in [0.3, 0.4) is 0 Å². The predicted molar refractivity (Wildman–Crippen MR) is 73.3 cm³/mol. The first-order chi connectivity index (χ1) is 8.70. The average Bonchev–Trinajstić information content (AvgIpc) is 2.28. The van der Waals surface area contributed by atoms with Gasteiger partial charge in [-0.05, 0) is 12.5 Å². The van der Waals surface area contributed by atoms with Crippen LogP contribution in [0.1, 0.15) is 17.0 Å². The molecule has 0 aromatic heterocycles. The Bertz CT molecular complexity index is 468. The average molecular weight is 324 g/mol. The van der Waals surface area contributed by atoms with Gasteiger partial charge in [0.1, 0.15) is 6.61 Å². The first-order valence-electron chi connectivity index (χ1n) is 5.26. The molecule has 1 radical (unpaired) electrons. The van der Waals surface area contributed by atoms with Gasteiger partial charge in [0.25, 0.3) is 5.91 Å². The van der Waals surface area contributed by atoms with E-state index in [0.717, 1.165) is 5.56 Å². The van der Waals surface area contributed by atoms with Gasteiger partial charge in [-0.2, -0.15) is 0 Å². The maximum Gasteiger partial charge on any atom is 0.323 e. The quantitative estimate of drug-likeness (QED) is 0.486. The fourth-order valence-corrected chi connectivity index (χ4v) is 1.55. The van der Waals surface area contributed by atoms with Crippen molar-refractivity contribution < 1.29 is 14.3 Å². The summed E-state index contributed by atoms with van der Waals surface area (Å²) < 4.78 is 2.99. The Kier molecular flexibility index (Phi) is 5.47. The summed E-state index contributed by atoms with van der Waals surface area (Å²) in [4.78, 5) is 23.0. The van der Waals surface area contributed by atoms with E-state index in [-0.39, 0.29) is 0 Å². The molecule has 0 bridgehead atoms. The van der Waals surface area contributed by atoms with E-state index in [2.05, 4.69) is 0 Å². The Hall–Kier alpha value is -0.970. The van der Waals surface area contributed by atoms with Gasteiger partial charge in [-0.1, -0.05) is 64.6 Å². The number of carbonyl (C=O) groups excluding carboxylic acids is 2. The molecule has 0 heterocycles. The maximum absolute atomic E-state index is 11.8. The Balaban J connectivity index is 2.86. The van der Waals surface area contributed by atoms with Crippen LogP contribution in [0.5, 0.6) is 0 Å². The Morgan fingerprint density at radius 1 is 1.26 bits per heavy atom. The summed E-state index contributed by atoms with van der Waals surface area (Å²) >= 11 is 16.4. The van der Waals surface area contributed by atoms with Crippen LogP contribution < -0.4 is 5.73 Å². The van der Waals surface area contributed by atoms with E-state index < -0.39 is 28.2 Å².